The molecule has 1 fully saturated rings. The summed E-state index contributed by atoms with van der Waals surface area (Å²) in [6.07, 6.45) is -0.0114. The number of carbonyl (C=O) groups excluding carboxylic acids is 10. The van der Waals surface area contributed by atoms with Crippen LogP contribution in [-0.2, 0) is 56.0 Å². The number of primary amides is 2. The van der Waals surface area contributed by atoms with Crippen LogP contribution in [0.15, 0.2) is 88.8 Å². The molecule has 0 saturated carbocycles. The zero-order chi connectivity index (χ0) is 62.8. The van der Waals surface area contributed by atoms with Crippen molar-refractivity contribution in [1.29, 1.82) is 0 Å². The van der Waals surface area contributed by atoms with Crippen LogP contribution in [0.25, 0.3) is 0 Å². The topological polar surface area (TPSA) is 448 Å². The fourth-order valence-electron chi connectivity index (χ4n) is 9.18. The molecule has 28 heteroatoms. The van der Waals surface area contributed by atoms with Gasteiger partial charge in [0.1, 0.15) is 59.9 Å². The van der Waals surface area contributed by atoms with Gasteiger partial charge in [-0.15, -0.1) is 0 Å². The lowest BCUT2D eigenvalue weighted by atomic mass is 9.99. The van der Waals surface area contributed by atoms with Crippen molar-refractivity contribution in [3.63, 3.8) is 0 Å². The lowest BCUT2D eigenvalue weighted by Gasteiger charge is -2.31. The average Bonchev–Trinajstić information content (AvgIpc) is 4.25. The molecule has 10 amide bonds. The molecular formula is C57H81FN16O11. The van der Waals surface area contributed by atoms with Gasteiger partial charge in [0, 0.05) is 38.0 Å². The van der Waals surface area contributed by atoms with Gasteiger partial charge in [-0.2, -0.15) is 0 Å². The molecule has 19 N–H and O–H groups in total. The van der Waals surface area contributed by atoms with Crippen LogP contribution in [0.5, 0.6) is 5.75 Å². The van der Waals surface area contributed by atoms with Gasteiger partial charge in [0.2, 0.25) is 53.2 Å². The lowest BCUT2D eigenvalue weighted by molar-refractivity contribution is -0.143. The fourth-order valence-corrected chi connectivity index (χ4v) is 9.18. The van der Waals surface area contributed by atoms with Crippen molar-refractivity contribution in [3.8, 4) is 5.75 Å². The zero-order valence-electron chi connectivity index (χ0n) is 48.3. The van der Waals surface area contributed by atoms with E-state index in [4.69, 9.17) is 39.1 Å². The van der Waals surface area contributed by atoms with E-state index in [0.717, 1.165) is 0 Å². The van der Waals surface area contributed by atoms with Gasteiger partial charge in [-0.3, -0.25) is 57.9 Å². The van der Waals surface area contributed by atoms with E-state index in [1.54, 1.807) is 75.4 Å². The maximum atomic E-state index is 14.5. The Morgan fingerprint density at radius 3 is 1.65 bits per heavy atom. The predicted molar refractivity (Wildman–Crippen MR) is 313 cm³/mol. The Morgan fingerprint density at radius 2 is 1.11 bits per heavy atom. The minimum absolute atomic E-state index is 0.00735. The second-order valence-corrected chi connectivity index (χ2v) is 20.6. The average molecular weight is 1190 g/mol. The van der Waals surface area contributed by atoms with E-state index in [9.17, 15) is 52.3 Å². The number of carbonyl (C=O) groups is 10. The molecule has 1 heterocycles. The molecular weight excluding hydrogens is 1100 g/mol. The second-order valence-electron chi connectivity index (χ2n) is 20.6. The highest BCUT2D eigenvalue weighted by molar-refractivity contribution is 6.00. The van der Waals surface area contributed by atoms with Crippen LogP contribution in [0.1, 0.15) is 101 Å². The van der Waals surface area contributed by atoms with Gasteiger partial charge < -0.3 is 81.3 Å². The lowest BCUT2D eigenvalue weighted by Crippen LogP contribution is -2.61. The van der Waals surface area contributed by atoms with Gasteiger partial charge in [-0.05, 0) is 105 Å². The maximum absolute atomic E-state index is 14.5. The quantitative estimate of drug-likeness (QED) is 0.0179. The van der Waals surface area contributed by atoms with Crippen molar-refractivity contribution in [2.24, 2.45) is 50.3 Å². The molecule has 0 bridgehead atoms. The van der Waals surface area contributed by atoms with E-state index in [1.807, 2.05) is 6.92 Å². The Labute approximate surface area is 492 Å². The number of rotatable bonds is 34. The summed E-state index contributed by atoms with van der Waals surface area (Å²) in [5, 5.41) is 18.4. The van der Waals surface area contributed by atoms with Crippen molar-refractivity contribution in [1.82, 2.24) is 42.1 Å². The van der Waals surface area contributed by atoms with Crippen molar-refractivity contribution < 1.29 is 57.1 Å². The SMILES string of the molecule is CCOc1ccc(C[C@@H](NC(=O)c2ccccc2)C(=O)N[C@@H](Cc2ccc(F)cc2)C(=O)N[C@H](C(=O)N[C@@H](CC(N)=O)C(=O)N[C@@H](CC)C(=O)N2CCC[C@H]2C(=O)N[C@@H](CCCN=C(N)N)C(=O)N[C@@H](CCCN=C(N)N)C(N)=O)C(C)C)cc1. The van der Waals surface area contributed by atoms with E-state index in [1.165, 1.54) is 29.2 Å². The molecule has 0 spiro atoms. The molecule has 27 nitrogen and oxygen atoms in total. The first kappa shape index (κ1) is 68.1. The number of halogens is 1. The Morgan fingerprint density at radius 1 is 0.600 bits per heavy atom. The molecule has 1 aliphatic rings. The van der Waals surface area contributed by atoms with Crippen molar-refractivity contribution in [2.45, 2.75) is 140 Å². The Hall–Kier alpha value is -9.37. The summed E-state index contributed by atoms with van der Waals surface area (Å²) < 4.78 is 19.7. The number of guanidine groups is 2. The van der Waals surface area contributed by atoms with Crippen molar-refractivity contribution >= 4 is 71.0 Å². The van der Waals surface area contributed by atoms with Crippen LogP contribution in [0.3, 0.4) is 0 Å². The first-order chi connectivity index (χ1) is 40.4. The second kappa shape index (κ2) is 34.3. The summed E-state index contributed by atoms with van der Waals surface area (Å²) in [6, 6.07) is 9.44. The number of likely N-dealkylation sites (tertiary alicyclic amines) is 1. The number of benzene rings is 3. The first-order valence-electron chi connectivity index (χ1n) is 28.0. The van der Waals surface area contributed by atoms with Crippen LogP contribution < -0.4 is 76.4 Å². The molecule has 0 radical (unpaired) electrons. The summed E-state index contributed by atoms with van der Waals surface area (Å²) in [6.45, 7) is 7.28. The van der Waals surface area contributed by atoms with Gasteiger partial charge in [0.05, 0.1) is 13.0 Å². The number of aliphatic imine (C=N–C) groups is 2. The van der Waals surface area contributed by atoms with Gasteiger partial charge >= 0.3 is 0 Å². The molecule has 3 aromatic rings. The van der Waals surface area contributed by atoms with E-state index in [0.29, 0.717) is 29.9 Å². The van der Waals surface area contributed by atoms with Crippen molar-refractivity contribution in [3.05, 3.63) is 101 Å². The summed E-state index contributed by atoms with van der Waals surface area (Å²) in [5.41, 5.74) is 34.2. The molecule has 0 aromatic heterocycles. The minimum Gasteiger partial charge on any atom is -0.494 e. The largest absolute Gasteiger partial charge is 0.494 e. The standard InChI is InChI=1S/C57H81FN16O11/c1-5-38(55(84)74-28-12-17-44(74)53(82)69-40(16-11-27-66-57(63)64)49(78)68-39(47(60)76)15-10-26-65-56(61)62)67-51(80)43(31-45(59)75)72-54(83)46(32(3)4)73-52(81)42(29-33-18-22-36(58)23-19-33)71-50(79)41(70-48(77)35-13-8-7-9-14-35)30-34-20-24-37(25-21-34)85-6-2/h7-9,13-14,18-25,32,38-44,46H,5-6,10-12,15-17,26-31H2,1-4H3,(H2,59,75)(H2,60,76)(H,67,80)(H,68,78)(H,69,82)(H,70,77)(H,71,79)(H,72,83)(H,73,81)(H4,61,62,65)(H4,63,64,66)/t38-,39-,40-,41+,42-,43-,44-,46-/m0/s1. The molecule has 1 saturated heterocycles. The number of ether oxygens (including phenoxy) is 1. The maximum Gasteiger partial charge on any atom is 0.251 e. The number of hydrogen-bond acceptors (Lipinski definition) is 13. The molecule has 3 aromatic carbocycles. The van der Waals surface area contributed by atoms with E-state index in [2.05, 4.69) is 47.2 Å². The molecule has 1 aliphatic heterocycles. The summed E-state index contributed by atoms with van der Waals surface area (Å²) in [5.74, 6) is -9.34. The van der Waals surface area contributed by atoms with E-state index < -0.39 is 126 Å². The number of nitrogens with one attached hydrogen (secondary N) is 7. The minimum atomic E-state index is -1.71. The Balaban J connectivity index is 1.53. The molecule has 0 unspecified atom stereocenters. The predicted octanol–water partition coefficient (Wildman–Crippen LogP) is -1.76. The van der Waals surface area contributed by atoms with Crippen LogP contribution in [0.4, 0.5) is 4.39 Å². The highest BCUT2D eigenvalue weighted by atomic mass is 19.1. The van der Waals surface area contributed by atoms with Crippen molar-refractivity contribution in [2.75, 3.05) is 26.2 Å². The van der Waals surface area contributed by atoms with Gasteiger partial charge in [-0.25, -0.2) is 4.39 Å². The molecule has 8 atom stereocenters. The highest BCUT2D eigenvalue weighted by Gasteiger charge is 2.40. The van der Waals surface area contributed by atoms with Crippen LogP contribution in [0.2, 0.25) is 0 Å². The molecule has 85 heavy (non-hydrogen) atoms. The number of hydrogen-bond donors (Lipinski definition) is 13. The van der Waals surface area contributed by atoms with Crippen LogP contribution in [-0.4, -0.2) is 150 Å². The third-order valence-corrected chi connectivity index (χ3v) is 13.6. The summed E-state index contributed by atoms with van der Waals surface area (Å²) >= 11 is 0. The third-order valence-electron chi connectivity index (χ3n) is 13.6. The summed E-state index contributed by atoms with van der Waals surface area (Å²) in [7, 11) is 0. The molecule has 4 rings (SSSR count). The van der Waals surface area contributed by atoms with Crippen LogP contribution >= 0.6 is 0 Å². The normalized spacial score (nSPS) is 15.2. The monoisotopic (exact) mass is 1180 g/mol. The number of nitrogens with zero attached hydrogens (tertiary/aromatic N) is 3. The Bertz CT molecular complexity index is 2830. The third kappa shape index (κ3) is 22.7. The first-order valence-corrected chi connectivity index (χ1v) is 28.0. The Kier molecular flexibility index (Phi) is 27.5. The van der Waals surface area contributed by atoms with Gasteiger partial charge in [0.25, 0.3) is 5.91 Å². The smallest absolute Gasteiger partial charge is 0.251 e. The molecule has 0 aliphatic carbocycles. The highest BCUT2D eigenvalue weighted by Crippen LogP contribution is 2.21. The number of amides is 10. The van der Waals surface area contributed by atoms with E-state index in [-0.39, 0.29) is 88.5 Å². The van der Waals surface area contributed by atoms with Crippen LogP contribution in [0, 0.1) is 11.7 Å². The molecule has 462 valence electrons. The number of nitrogens with two attached hydrogens (primary N) is 6. The zero-order valence-corrected chi connectivity index (χ0v) is 48.3. The van der Waals surface area contributed by atoms with E-state index >= 15 is 0 Å². The van der Waals surface area contributed by atoms with Gasteiger partial charge in [-0.1, -0.05) is 63.2 Å². The summed E-state index contributed by atoms with van der Waals surface area (Å²) in [4.78, 5) is 147. The van der Waals surface area contributed by atoms with Gasteiger partial charge in [0.15, 0.2) is 11.9 Å². The fraction of sp³-hybridized carbons (Fsp3) is 0.474.